The smallest absolute Gasteiger partial charge is 0.238 e. The quantitative estimate of drug-likeness (QED) is 0.631. The summed E-state index contributed by atoms with van der Waals surface area (Å²) in [6, 6.07) is 8.63. The second kappa shape index (κ2) is 6.13. The van der Waals surface area contributed by atoms with Gasteiger partial charge in [0.1, 0.15) is 28.2 Å². The van der Waals surface area contributed by atoms with Gasteiger partial charge in [-0.05, 0) is 24.3 Å². The molecule has 3 N–H and O–H groups in total. The number of phenolic OH excluding ortho intramolecular Hbond substituents is 2. The molecule has 3 aromatic rings. The fourth-order valence-electron chi connectivity index (χ4n) is 2.30. The maximum absolute atomic E-state index is 12.3. The molecule has 24 heavy (non-hydrogen) atoms. The van der Waals surface area contributed by atoms with E-state index in [0.29, 0.717) is 11.3 Å². The highest BCUT2D eigenvalue weighted by Crippen LogP contribution is 2.35. The van der Waals surface area contributed by atoms with Crippen molar-refractivity contribution in [3.63, 3.8) is 0 Å². The molecule has 0 aliphatic heterocycles. The molecule has 7 heteroatoms. The van der Waals surface area contributed by atoms with Crippen molar-refractivity contribution >= 4 is 11.0 Å². The number of benzene rings is 2. The van der Waals surface area contributed by atoms with Gasteiger partial charge in [-0.15, -0.1) is 0 Å². The number of methoxy groups -OCH3 is 1. The first-order valence-corrected chi connectivity index (χ1v) is 6.95. The summed E-state index contributed by atoms with van der Waals surface area (Å²) in [6.07, 6.45) is 0. The van der Waals surface area contributed by atoms with Crippen LogP contribution in [0.2, 0.25) is 0 Å². The highest BCUT2D eigenvalue weighted by Gasteiger charge is 2.18. The molecule has 0 spiro atoms. The van der Waals surface area contributed by atoms with Crippen LogP contribution >= 0.6 is 0 Å². The van der Waals surface area contributed by atoms with Crippen LogP contribution in [0.25, 0.3) is 22.3 Å². The summed E-state index contributed by atoms with van der Waals surface area (Å²) in [5.74, 6) is -0.893. The number of hydrogen-bond donors (Lipinski definition) is 3. The monoisotopic (exact) mass is 330 g/mol. The fraction of sp³-hybridized carbons (Fsp3) is 0.118. The van der Waals surface area contributed by atoms with Crippen LogP contribution in [-0.4, -0.2) is 29.2 Å². The minimum atomic E-state index is -0.788. The summed E-state index contributed by atoms with van der Waals surface area (Å²) < 4.78 is 15.6. The van der Waals surface area contributed by atoms with Crippen LogP contribution in [0.5, 0.6) is 23.0 Å². The zero-order chi connectivity index (χ0) is 17.3. The molecule has 0 unspecified atom stereocenters. The van der Waals surface area contributed by atoms with Crippen LogP contribution in [0, 0.1) is 0 Å². The second-order valence-electron chi connectivity index (χ2n) is 5.02. The molecule has 0 saturated heterocycles. The molecule has 0 amide bonds. The highest BCUT2D eigenvalue weighted by molar-refractivity contribution is 5.88. The lowest BCUT2D eigenvalue weighted by Gasteiger charge is -2.09. The van der Waals surface area contributed by atoms with Crippen LogP contribution in [-0.2, 0) is 4.74 Å². The van der Waals surface area contributed by atoms with Crippen LogP contribution in [0.4, 0.5) is 0 Å². The summed E-state index contributed by atoms with van der Waals surface area (Å²) in [4.78, 5) is 12.3. The van der Waals surface area contributed by atoms with E-state index in [2.05, 4.69) is 0 Å². The van der Waals surface area contributed by atoms with Crippen molar-refractivity contribution < 1.29 is 29.2 Å². The van der Waals surface area contributed by atoms with Gasteiger partial charge in [0.2, 0.25) is 11.2 Å². The minimum Gasteiger partial charge on any atom is -0.508 e. The van der Waals surface area contributed by atoms with Crippen molar-refractivity contribution in [2.24, 2.45) is 0 Å². The lowest BCUT2D eigenvalue weighted by Crippen LogP contribution is -2.03. The van der Waals surface area contributed by atoms with Gasteiger partial charge in [0, 0.05) is 24.8 Å². The first-order chi connectivity index (χ1) is 11.5. The number of rotatable bonds is 4. The summed E-state index contributed by atoms with van der Waals surface area (Å²) in [6.45, 7) is 0.0915. The molecule has 0 atom stereocenters. The standard InChI is InChI=1S/C17H14O7/c1-22-8-23-11-4-2-9(3-5-11)17-16(21)15(20)14-12(19)6-10(18)7-13(14)24-17/h2-7,18-19,21H,8H2,1H3. The van der Waals surface area contributed by atoms with Crippen molar-refractivity contribution in [1.29, 1.82) is 0 Å². The molecule has 7 nitrogen and oxygen atoms in total. The zero-order valence-corrected chi connectivity index (χ0v) is 12.6. The third-order valence-corrected chi connectivity index (χ3v) is 3.40. The van der Waals surface area contributed by atoms with Gasteiger partial charge >= 0.3 is 0 Å². The first kappa shape index (κ1) is 15.7. The molecule has 0 aliphatic carbocycles. The Labute approximate surface area is 135 Å². The van der Waals surface area contributed by atoms with Crippen molar-refractivity contribution in [3.05, 3.63) is 46.6 Å². The van der Waals surface area contributed by atoms with Crippen LogP contribution in [0.15, 0.2) is 45.6 Å². The Morgan fingerprint density at radius 1 is 1.08 bits per heavy atom. The molecule has 0 radical (unpaired) electrons. The number of phenols is 2. The maximum Gasteiger partial charge on any atom is 0.238 e. The predicted molar refractivity (Wildman–Crippen MR) is 85.4 cm³/mol. The molecule has 124 valence electrons. The van der Waals surface area contributed by atoms with Gasteiger partial charge in [-0.3, -0.25) is 4.79 Å². The lowest BCUT2D eigenvalue weighted by molar-refractivity contribution is 0.0511. The third kappa shape index (κ3) is 2.72. The fourth-order valence-corrected chi connectivity index (χ4v) is 2.30. The van der Waals surface area contributed by atoms with E-state index in [-0.39, 0.29) is 29.3 Å². The van der Waals surface area contributed by atoms with Gasteiger partial charge in [-0.25, -0.2) is 0 Å². The highest BCUT2D eigenvalue weighted by atomic mass is 16.7. The SMILES string of the molecule is COCOc1ccc(-c2oc3cc(O)cc(O)c3c(=O)c2O)cc1. The van der Waals surface area contributed by atoms with Crippen LogP contribution in [0.1, 0.15) is 0 Å². The minimum absolute atomic E-state index is 0.0370. The van der Waals surface area contributed by atoms with E-state index < -0.39 is 16.9 Å². The van der Waals surface area contributed by atoms with Crippen LogP contribution < -0.4 is 10.2 Å². The Morgan fingerprint density at radius 2 is 1.79 bits per heavy atom. The molecule has 0 aliphatic rings. The molecule has 2 aromatic carbocycles. The number of aromatic hydroxyl groups is 3. The second-order valence-corrected chi connectivity index (χ2v) is 5.02. The Morgan fingerprint density at radius 3 is 2.46 bits per heavy atom. The topological polar surface area (TPSA) is 109 Å². The summed E-state index contributed by atoms with van der Waals surface area (Å²) in [5, 5.41) is 29.2. The molecule has 0 bridgehead atoms. The first-order valence-electron chi connectivity index (χ1n) is 6.95. The Kier molecular flexibility index (Phi) is 4.01. The number of hydrogen-bond acceptors (Lipinski definition) is 7. The molecule has 1 aromatic heterocycles. The van der Waals surface area contributed by atoms with Gasteiger partial charge in [0.15, 0.2) is 12.6 Å². The van der Waals surface area contributed by atoms with E-state index in [0.717, 1.165) is 6.07 Å². The number of ether oxygens (including phenoxy) is 2. The largest absolute Gasteiger partial charge is 0.508 e. The maximum atomic E-state index is 12.3. The van der Waals surface area contributed by atoms with Crippen molar-refractivity contribution in [3.8, 4) is 34.3 Å². The van der Waals surface area contributed by atoms with E-state index in [1.54, 1.807) is 24.3 Å². The molecule has 0 fully saturated rings. The molecular formula is C17H14O7. The average Bonchev–Trinajstić information content (AvgIpc) is 2.56. The van der Waals surface area contributed by atoms with E-state index in [1.165, 1.54) is 13.2 Å². The van der Waals surface area contributed by atoms with E-state index in [9.17, 15) is 20.1 Å². The van der Waals surface area contributed by atoms with Crippen molar-refractivity contribution in [1.82, 2.24) is 0 Å². The van der Waals surface area contributed by atoms with Crippen molar-refractivity contribution in [2.45, 2.75) is 0 Å². The lowest BCUT2D eigenvalue weighted by atomic mass is 10.1. The molecule has 3 rings (SSSR count). The van der Waals surface area contributed by atoms with Gasteiger partial charge in [-0.1, -0.05) is 0 Å². The zero-order valence-electron chi connectivity index (χ0n) is 12.6. The summed E-state index contributed by atoms with van der Waals surface area (Å²) in [7, 11) is 1.50. The van der Waals surface area contributed by atoms with Gasteiger partial charge < -0.3 is 29.2 Å². The predicted octanol–water partition coefficient (Wildman–Crippen LogP) is 2.56. The van der Waals surface area contributed by atoms with E-state index >= 15 is 0 Å². The van der Waals surface area contributed by atoms with Gasteiger partial charge in [-0.2, -0.15) is 0 Å². The normalized spacial score (nSPS) is 10.9. The molecule has 0 saturated carbocycles. The Bertz CT molecular complexity index is 942. The average molecular weight is 330 g/mol. The third-order valence-electron chi connectivity index (χ3n) is 3.40. The Hall–Kier alpha value is -3.19. The van der Waals surface area contributed by atoms with Gasteiger partial charge in [0.05, 0.1) is 0 Å². The molecule has 1 heterocycles. The van der Waals surface area contributed by atoms with Gasteiger partial charge in [0.25, 0.3) is 0 Å². The summed E-state index contributed by atoms with van der Waals surface area (Å²) >= 11 is 0. The van der Waals surface area contributed by atoms with E-state index in [4.69, 9.17) is 13.9 Å². The molecular weight excluding hydrogens is 316 g/mol. The number of fused-ring (bicyclic) bond motifs is 1. The summed E-state index contributed by atoms with van der Waals surface area (Å²) in [5.41, 5.74) is -0.396. The van der Waals surface area contributed by atoms with Crippen LogP contribution in [0.3, 0.4) is 0 Å². The van der Waals surface area contributed by atoms with Crippen molar-refractivity contribution in [2.75, 3.05) is 13.9 Å². The van der Waals surface area contributed by atoms with E-state index in [1.807, 2.05) is 0 Å². The Balaban J connectivity index is 2.13.